The van der Waals surface area contributed by atoms with Crippen molar-refractivity contribution in [1.29, 1.82) is 0 Å². The second-order valence-electron chi connectivity index (χ2n) is 2.99. The zero-order chi connectivity index (χ0) is 9.68. The van der Waals surface area contributed by atoms with E-state index in [0.717, 1.165) is 19.3 Å². The number of nitrogens with two attached hydrogens (primary N) is 1. The smallest absolute Gasteiger partial charge is 0.335 e. The second kappa shape index (κ2) is 4.87. The normalized spacial score (nSPS) is 21.5. The summed E-state index contributed by atoms with van der Waals surface area (Å²) in [7, 11) is 0. The molecule has 0 aromatic rings. The quantitative estimate of drug-likeness (QED) is 0.511. The highest BCUT2D eigenvalue weighted by Gasteiger charge is 2.23. The van der Waals surface area contributed by atoms with Gasteiger partial charge in [0.15, 0.2) is 0 Å². The highest BCUT2D eigenvalue weighted by Crippen LogP contribution is 2.12. The first-order valence-corrected chi connectivity index (χ1v) is 4.53. The van der Waals surface area contributed by atoms with Gasteiger partial charge in [-0.1, -0.05) is 19.8 Å². The predicted octanol–water partition coefficient (Wildman–Crippen LogP) is 0.919. The van der Waals surface area contributed by atoms with Crippen LogP contribution in [0.25, 0.3) is 0 Å². The molecule has 1 aliphatic rings. The minimum atomic E-state index is -0.649. The number of carbonyl (C=O) groups excluding carboxylic acids is 1. The predicted molar refractivity (Wildman–Crippen MR) is 47.6 cm³/mol. The molecule has 0 saturated heterocycles. The topological polar surface area (TPSA) is 61.5 Å². The molecule has 2 N–H and O–H groups in total. The number of esters is 1. The Morgan fingerprint density at radius 3 is 2.92 bits per heavy atom. The lowest BCUT2D eigenvalue weighted by Gasteiger charge is -2.11. The van der Waals surface area contributed by atoms with Crippen molar-refractivity contribution in [3.63, 3.8) is 0 Å². The first-order valence-electron chi connectivity index (χ1n) is 4.53. The van der Waals surface area contributed by atoms with Gasteiger partial charge in [0, 0.05) is 6.08 Å². The Morgan fingerprint density at radius 1 is 1.62 bits per heavy atom. The second-order valence-corrected chi connectivity index (χ2v) is 2.99. The third kappa shape index (κ3) is 3.06. The molecule has 0 fully saturated rings. The molecular formula is C9H15NO3. The van der Waals surface area contributed by atoms with Gasteiger partial charge >= 0.3 is 5.97 Å². The molecule has 0 radical (unpaired) electrons. The Morgan fingerprint density at radius 2 is 2.38 bits per heavy atom. The molecule has 1 rings (SSSR count). The highest BCUT2D eigenvalue weighted by molar-refractivity contribution is 5.85. The monoisotopic (exact) mass is 185 g/mol. The average Bonchev–Trinajstić information content (AvgIpc) is 2.39. The fourth-order valence-corrected chi connectivity index (χ4v) is 1.08. The van der Waals surface area contributed by atoms with Gasteiger partial charge in [-0.05, 0) is 6.42 Å². The zero-order valence-electron chi connectivity index (χ0n) is 7.79. The van der Waals surface area contributed by atoms with Crippen LogP contribution < -0.4 is 5.73 Å². The van der Waals surface area contributed by atoms with E-state index in [2.05, 4.69) is 6.92 Å². The van der Waals surface area contributed by atoms with Crippen LogP contribution in [0.5, 0.6) is 0 Å². The molecule has 1 atom stereocenters. The van der Waals surface area contributed by atoms with Gasteiger partial charge in [0.05, 0.1) is 12.3 Å². The van der Waals surface area contributed by atoms with Gasteiger partial charge in [0.1, 0.15) is 0 Å². The Bertz CT molecular complexity index is 213. The standard InChI is InChI=1S/C9H15NO3/c1-2-3-4-5-12-9-7(10)6-8(11)13-9/h6,9H,2-5,10H2,1H3. The van der Waals surface area contributed by atoms with Gasteiger partial charge in [-0.3, -0.25) is 0 Å². The molecule has 74 valence electrons. The lowest BCUT2D eigenvalue weighted by atomic mass is 10.3. The first kappa shape index (κ1) is 10.1. The van der Waals surface area contributed by atoms with Crippen LogP contribution >= 0.6 is 0 Å². The number of carbonyl (C=O) groups is 1. The Hall–Kier alpha value is -1.03. The van der Waals surface area contributed by atoms with E-state index in [9.17, 15) is 4.79 Å². The van der Waals surface area contributed by atoms with Gasteiger partial charge in [-0.15, -0.1) is 0 Å². The average molecular weight is 185 g/mol. The van der Waals surface area contributed by atoms with E-state index in [1.54, 1.807) is 0 Å². The van der Waals surface area contributed by atoms with E-state index in [0.29, 0.717) is 12.3 Å². The number of ether oxygens (including phenoxy) is 2. The summed E-state index contributed by atoms with van der Waals surface area (Å²) in [4.78, 5) is 10.7. The third-order valence-corrected chi connectivity index (χ3v) is 1.80. The van der Waals surface area contributed by atoms with Crippen LogP contribution in [0.2, 0.25) is 0 Å². The summed E-state index contributed by atoms with van der Waals surface area (Å²) in [5, 5.41) is 0. The molecule has 13 heavy (non-hydrogen) atoms. The van der Waals surface area contributed by atoms with Gasteiger partial charge in [0.2, 0.25) is 6.29 Å². The summed E-state index contributed by atoms with van der Waals surface area (Å²) in [6.07, 6.45) is 3.83. The van der Waals surface area contributed by atoms with E-state index in [1.807, 2.05) is 0 Å². The van der Waals surface area contributed by atoms with E-state index in [-0.39, 0.29) is 0 Å². The molecule has 4 nitrogen and oxygen atoms in total. The van der Waals surface area contributed by atoms with Crippen LogP contribution in [0.1, 0.15) is 26.2 Å². The zero-order valence-corrected chi connectivity index (χ0v) is 7.79. The van der Waals surface area contributed by atoms with Crippen LogP contribution in [0.4, 0.5) is 0 Å². The van der Waals surface area contributed by atoms with Crippen molar-refractivity contribution < 1.29 is 14.3 Å². The van der Waals surface area contributed by atoms with Gasteiger partial charge in [-0.2, -0.15) is 0 Å². The van der Waals surface area contributed by atoms with Crippen molar-refractivity contribution in [3.05, 3.63) is 11.8 Å². The van der Waals surface area contributed by atoms with Crippen LogP contribution in [0, 0.1) is 0 Å². The van der Waals surface area contributed by atoms with E-state index in [1.165, 1.54) is 6.08 Å². The summed E-state index contributed by atoms with van der Waals surface area (Å²) in [6, 6.07) is 0. The molecule has 0 aromatic heterocycles. The molecule has 0 saturated carbocycles. The maximum atomic E-state index is 10.7. The number of hydrogen-bond donors (Lipinski definition) is 1. The largest absolute Gasteiger partial charge is 0.426 e. The number of hydrogen-bond acceptors (Lipinski definition) is 4. The SMILES string of the molecule is CCCCCOC1OC(=O)C=C1N. The van der Waals surface area contributed by atoms with E-state index >= 15 is 0 Å². The molecule has 0 bridgehead atoms. The molecule has 0 aromatic carbocycles. The number of cyclic esters (lactones) is 1. The lowest BCUT2D eigenvalue weighted by molar-refractivity contribution is -0.159. The minimum Gasteiger partial charge on any atom is -0.426 e. The third-order valence-electron chi connectivity index (χ3n) is 1.80. The molecule has 0 amide bonds. The molecule has 0 spiro atoms. The fraction of sp³-hybridized carbons (Fsp3) is 0.667. The Labute approximate surface area is 77.7 Å². The lowest BCUT2D eigenvalue weighted by Crippen LogP contribution is -2.21. The van der Waals surface area contributed by atoms with Gasteiger partial charge in [0.25, 0.3) is 0 Å². The number of rotatable bonds is 5. The maximum Gasteiger partial charge on any atom is 0.335 e. The van der Waals surface area contributed by atoms with Crippen molar-refractivity contribution in [3.8, 4) is 0 Å². The van der Waals surface area contributed by atoms with E-state index in [4.69, 9.17) is 15.2 Å². The number of unbranched alkanes of at least 4 members (excludes halogenated alkanes) is 2. The molecule has 1 heterocycles. The highest BCUT2D eigenvalue weighted by atomic mass is 16.7. The van der Waals surface area contributed by atoms with Crippen LogP contribution in [-0.4, -0.2) is 18.9 Å². The summed E-state index contributed by atoms with van der Waals surface area (Å²) in [5.41, 5.74) is 5.84. The van der Waals surface area contributed by atoms with Crippen molar-refractivity contribution in [1.82, 2.24) is 0 Å². The molecule has 1 aliphatic heterocycles. The minimum absolute atomic E-state index is 0.362. The van der Waals surface area contributed by atoms with E-state index < -0.39 is 12.3 Å². The van der Waals surface area contributed by atoms with Crippen LogP contribution in [0.15, 0.2) is 11.8 Å². The summed E-state index contributed by atoms with van der Waals surface area (Å²) >= 11 is 0. The maximum absolute atomic E-state index is 10.7. The summed E-state index contributed by atoms with van der Waals surface area (Å²) in [5.74, 6) is -0.419. The van der Waals surface area contributed by atoms with Crippen LogP contribution in [0.3, 0.4) is 0 Å². The summed E-state index contributed by atoms with van der Waals surface area (Å²) in [6.45, 7) is 2.70. The fourth-order valence-electron chi connectivity index (χ4n) is 1.08. The van der Waals surface area contributed by atoms with Gasteiger partial charge < -0.3 is 15.2 Å². The Kier molecular flexibility index (Phi) is 3.76. The molecule has 4 heteroatoms. The Balaban J connectivity index is 2.16. The van der Waals surface area contributed by atoms with Crippen LogP contribution in [-0.2, 0) is 14.3 Å². The summed E-state index contributed by atoms with van der Waals surface area (Å²) < 4.78 is 10.0. The molecular weight excluding hydrogens is 170 g/mol. The van der Waals surface area contributed by atoms with Gasteiger partial charge in [-0.25, -0.2) is 4.79 Å². The van der Waals surface area contributed by atoms with Crippen molar-refractivity contribution in [2.24, 2.45) is 5.73 Å². The van der Waals surface area contributed by atoms with Crippen molar-refractivity contribution in [2.45, 2.75) is 32.5 Å². The molecule has 0 aliphatic carbocycles. The van der Waals surface area contributed by atoms with Crippen molar-refractivity contribution >= 4 is 5.97 Å². The first-order chi connectivity index (χ1) is 6.24. The van der Waals surface area contributed by atoms with Crippen molar-refractivity contribution in [2.75, 3.05) is 6.61 Å². The molecule has 1 unspecified atom stereocenters.